The predicted octanol–water partition coefficient (Wildman–Crippen LogP) is 2.65. The van der Waals surface area contributed by atoms with Crippen LogP contribution >= 0.6 is 11.6 Å². The molecule has 0 aliphatic rings. The second kappa shape index (κ2) is 9.33. The van der Waals surface area contributed by atoms with E-state index in [2.05, 4.69) is 5.32 Å². The lowest BCUT2D eigenvalue weighted by molar-refractivity contribution is -0.112. The molecule has 0 saturated heterocycles. The molecule has 0 bridgehead atoms. The molecule has 1 rings (SSSR count). The zero-order valence-corrected chi connectivity index (χ0v) is 12.6. The number of carbonyl (C=O) groups is 1. The van der Waals surface area contributed by atoms with Crippen LogP contribution in [0, 0.1) is 17.1 Å². The molecule has 0 unspecified atom stereocenters. The Labute approximate surface area is 135 Å². The summed E-state index contributed by atoms with van der Waals surface area (Å²) in [6, 6.07) is 2.59. The molecule has 0 saturated carbocycles. The highest BCUT2D eigenvalue weighted by Gasteiger charge is 2.10. The molecule has 8 heteroatoms. The maximum Gasteiger partial charge on any atom is 0.286 e. The summed E-state index contributed by atoms with van der Waals surface area (Å²) in [5.74, 6) is -1.76. The van der Waals surface area contributed by atoms with E-state index < -0.39 is 24.0 Å². The van der Waals surface area contributed by atoms with E-state index in [-0.39, 0.29) is 17.8 Å². The van der Waals surface area contributed by atoms with Gasteiger partial charge in [0, 0.05) is 29.4 Å². The lowest BCUT2D eigenvalue weighted by atomic mass is 10.2. The SMILES string of the molecule is N#C/C=C/C=C(\C=C\Cl)C(=O)Nc1cc(F)c(=O)n(CCF)c1. The number of hydrogen-bond donors (Lipinski definition) is 1. The normalized spacial score (nSPS) is 11.8. The average molecular weight is 340 g/mol. The smallest absolute Gasteiger partial charge is 0.286 e. The summed E-state index contributed by atoms with van der Waals surface area (Å²) in [6.45, 7) is -1.18. The molecule has 1 amide bonds. The van der Waals surface area contributed by atoms with Crippen LogP contribution < -0.4 is 10.9 Å². The van der Waals surface area contributed by atoms with Crippen molar-refractivity contribution in [3.05, 3.63) is 63.8 Å². The van der Waals surface area contributed by atoms with E-state index in [9.17, 15) is 18.4 Å². The lowest BCUT2D eigenvalue weighted by Gasteiger charge is -2.09. The van der Waals surface area contributed by atoms with Crippen molar-refractivity contribution in [3.63, 3.8) is 0 Å². The minimum atomic E-state index is -1.11. The molecule has 0 spiro atoms. The highest BCUT2D eigenvalue weighted by Crippen LogP contribution is 2.10. The Morgan fingerprint density at radius 3 is 2.87 bits per heavy atom. The van der Waals surface area contributed by atoms with Crippen LogP contribution in [0.15, 0.2) is 52.5 Å². The Bertz CT molecular complexity index is 761. The number of anilines is 1. The van der Waals surface area contributed by atoms with Crippen molar-refractivity contribution in [1.29, 1.82) is 5.26 Å². The van der Waals surface area contributed by atoms with E-state index in [4.69, 9.17) is 16.9 Å². The van der Waals surface area contributed by atoms with E-state index in [1.807, 2.05) is 0 Å². The summed E-state index contributed by atoms with van der Waals surface area (Å²) in [6.07, 6.45) is 6.21. The first-order valence-corrected chi connectivity index (χ1v) is 6.77. The quantitative estimate of drug-likeness (QED) is 0.492. The molecule has 1 heterocycles. The Kier molecular flexibility index (Phi) is 7.43. The molecule has 120 valence electrons. The van der Waals surface area contributed by atoms with Gasteiger partial charge in [0.05, 0.1) is 18.3 Å². The summed E-state index contributed by atoms with van der Waals surface area (Å²) < 4.78 is 26.7. The number of pyridine rings is 1. The number of amides is 1. The number of nitrogens with one attached hydrogen (secondary N) is 1. The summed E-state index contributed by atoms with van der Waals surface area (Å²) in [4.78, 5) is 23.5. The summed E-state index contributed by atoms with van der Waals surface area (Å²) in [5.41, 5.74) is 0.193. The number of halogens is 3. The van der Waals surface area contributed by atoms with Crippen molar-refractivity contribution in [1.82, 2.24) is 4.57 Å². The van der Waals surface area contributed by atoms with Gasteiger partial charge in [-0.3, -0.25) is 9.59 Å². The van der Waals surface area contributed by atoms with E-state index in [1.165, 1.54) is 18.2 Å². The van der Waals surface area contributed by atoms with Gasteiger partial charge in [0.25, 0.3) is 11.5 Å². The number of aryl methyl sites for hydroxylation is 1. The minimum absolute atomic E-state index is 0.0151. The van der Waals surface area contributed by atoms with Gasteiger partial charge in [-0.15, -0.1) is 0 Å². The van der Waals surface area contributed by atoms with Crippen LogP contribution in [0.4, 0.5) is 14.5 Å². The van der Waals surface area contributed by atoms with Crippen LogP contribution in [0.25, 0.3) is 0 Å². The van der Waals surface area contributed by atoms with Crippen LogP contribution in [0.5, 0.6) is 0 Å². The third-order valence-electron chi connectivity index (χ3n) is 2.58. The maximum absolute atomic E-state index is 13.5. The summed E-state index contributed by atoms with van der Waals surface area (Å²) in [5, 5.41) is 10.8. The topological polar surface area (TPSA) is 74.9 Å². The van der Waals surface area contributed by atoms with Gasteiger partial charge >= 0.3 is 0 Å². The molecule has 0 aliphatic carbocycles. The second-order valence-electron chi connectivity index (χ2n) is 4.12. The summed E-state index contributed by atoms with van der Waals surface area (Å²) >= 11 is 5.43. The van der Waals surface area contributed by atoms with Crippen molar-refractivity contribution in [2.24, 2.45) is 0 Å². The number of nitrogens with zero attached hydrogens (tertiary/aromatic N) is 2. The number of allylic oxidation sites excluding steroid dienone is 3. The van der Waals surface area contributed by atoms with Crippen molar-refractivity contribution in [2.75, 3.05) is 12.0 Å². The largest absolute Gasteiger partial charge is 0.321 e. The number of alkyl halides is 1. The van der Waals surface area contributed by atoms with Gasteiger partial charge in [0.2, 0.25) is 0 Å². The van der Waals surface area contributed by atoms with E-state index in [0.29, 0.717) is 0 Å². The predicted molar refractivity (Wildman–Crippen MR) is 83.1 cm³/mol. The molecule has 1 aromatic rings. The Morgan fingerprint density at radius 2 is 2.26 bits per heavy atom. The van der Waals surface area contributed by atoms with Crippen LogP contribution in [-0.2, 0) is 11.3 Å². The minimum Gasteiger partial charge on any atom is -0.321 e. The monoisotopic (exact) mass is 339 g/mol. The zero-order valence-electron chi connectivity index (χ0n) is 11.8. The van der Waals surface area contributed by atoms with Gasteiger partial charge < -0.3 is 9.88 Å². The van der Waals surface area contributed by atoms with Gasteiger partial charge in [0.15, 0.2) is 5.82 Å². The Balaban J connectivity index is 3.08. The number of aromatic nitrogens is 1. The van der Waals surface area contributed by atoms with Crippen molar-refractivity contribution in [2.45, 2.75) is 6.54 Å². The van der Waals surface area contributed by atoms with Crippen LogP contribution in [-0.4, -0.2) is 17.1 Å². The fraction of sp³-hybridized carbons (Fsp3) is 0.133. The standard InChI is InChI=1S/C15H12ClF2N3O2/c16-5-4-11(3-1-2-7-19)14(22)20-12-9-13(18)15(23)21(10-12)8-6-17/h1-5,9-10H,6,8H2,(H,20,22)/b2-1+,5-4+,11-3+. The summed E-state index contributed by atoms with van der Waals surface area (Å²) in [7, 11) is 0. The van der Waals surface area contributed by atoms with E-state index in [0.717, 1.165) is 28.4 Å². The van der Waals surface area contributed by atoms with Crippen LogP contribution in [0.3, 0.4) is 0 Å². The number of carbonyl (C=O) groups excluding carboxylic acids is 1. The molecule has 0 atom stereocenters. The van der Waals surface area contributed by atoms with Crippen LogP contribution in [0.2, 0.25) is 0 Å². The van der Waals surface area contributed by atoms with Crippen molar-refractivity contribution in [3.8, 4) is 6.07 Å². The van der Waals surface area contributed by atoms with Gasteiger partial charge in [0.1, 0.15) is 6.67 Å². The first-order chi connectivity index (χ1) is 11.0. The molecule has 0 aliphatic heterocycles. The Hall–Kier alpha value is -2.72. The average Bonchev–Trinajstić information content (AvgIpc) is 2.51. The van der Waals surface area contributed by atoms with Gasteiger partial charge in [-0.1, -0.05) is 17.7 Å². The first-order valence-electron chi connectivity index (χ1n) is 6.34. The maximum atomic E-state index is 13.5. The van der Waals surface area contributed by atoms with Crippen molar-refractivity contribution < 1.29 is 13.6 Å². The number of nitriles is 1. The second-order valence-corrected chi connectivity index (χ2v) is 4.37. The molecule has 5 nitrogen and oxygen atoms in total. The van der Waals surface area contributed by atoms with Gasteiger partial charge in [-0.25, -0.2) is 8.78 Å². The molecule has 23 heavy (non-hydrogen) atoms. The van der Waals surface area contributed by atoms with E-state index in [1.54, 1.807) is 6.07 Å². The lowest BCUT2D eigenvalue weighted by Crippen LogP contribution is -2.25. The van der Waals surface area contributed by atoms with Crippen molar-refractivity contribution >= 4 is 23.2 Å². The van der Waals surface area contributed by atoms with Gasteiger partial charge in [-0.2, -0.15) is 5.26 Å². The Morgan fingerprint density at radius 1 is 1.52 bits per heavy atom. The molecule has 1 aromatic heterocycles. The fourth-order valence-corrected chi connectivity index (χ4v) is 1.73. The molecule has 0 fully saturated rings. The molecular weight excluding hydrogens is 328 g/mol. The first kappa shape index (κ1) is 18.3. The highest BCUT2D eigenvalue weighted by molar-refractivity contribution is 6.26. The number of rotatable bonds is 6. The fourth-order valence-electron chi connectivity index (χ4n) is 1.60. The molecular formula is C15H12ClF2N3O2. The molecule has 0 radical (unpaired) electrons. The van der Waals surface area contributed by atoms with Crippen LogP contribution in [0.1, 0.15) is 0 Å². The molecule has 0 aromatic carbocycles. The molecule has 1 N–H and O–H groups in total. The highest BCUT2D eigenvalue weighted by atomic mass is 35.5. The zero-order chi connectivity index (χ0) is 17.2. The number of hydrogen-bond acceptors (Lipinski definition) is 3. The third-order valence-corrected chi connectivity index (χ3v) is 2.70. The van der Waals surface area contributed by atoms with Gasteiger partial charge in [-0.05, 0) is 12.2 Å². The van der Waals surface area contributed by atoms with E-state index >= 15 is 0 Å². The third kappa shape index (κ3) is 5.52.